The Kier molecular flexibility index (Phi) is 4.17. The van der Waals surface area contributed by atoms with Crippen molar-refractivity contribution in [3.05, 3.63) is 60.2 Å². The molecule has 2 N–H and O–H groups in total. The quantitative estimate of drug-likeness (QED) is 0.360. The molecule has 0 aliphatic carbocycles. The minimum absolute atomic E-state index is 0.660. The molecule has 0 saturated carbocycles. The number of rotatable bonds is 4. The van der Waals surface area contributed by atoms with E-state index in [9.17, 15) is 0 Å². The second-order valence-electron chi connectivity index (χ2n) is 3.92. The van der Waals surface area contributed by atoms with Gasteiger partial charge in [-0.3, -0.25) is 0 Å². The topological polar surface area (TPSA) is 72.9 Å². The van der Waals surface area contributed by atoms with Gasteiger partial charge in [0.2, 0.25) is 0 Å². The van der Waals surface area contributed by atoms with Crippen LogP contribution < -0.4 is 9.13 Å². The van der Waals surface area contributed by atoms with Crippen LogP contribution in [0.15, 0.2) is 59.4 Å². The molecule has 0 radical (unpaired) electrons. The van der Waals surface area contributed by atoms with Crippen molar-refractivity contribution in [2.45, 2.75) is 6.67 Å². The van der Waals surface area contributed by atoms with Crippen LogP contribution in [0.5, 0.6) is 0 Å². The van der Waals surface area contributed by atoms with Crippen molar-refractivity contribution in [2.24, 2.45) is 10.3 Å². The van der Waals surface area contributed by atoms with E-state index in [-0.39, 0.29) is 0 Å². The average Bonchev–Trinajstić information content (AvgIpc) is 2.44. The predicted octanol–water partition coefficient (Wildman–Crippen LogP) is 0.384. The maximum absolute atomic E-state index is 8.42. The highest BCUT2D eigenvalue weighted by Gasteiger charge is 2.07. The van der Waals surface area contributed by atoms with Crippen LogP contribution in [0.1, 0.15) is 11.1 Å². The number of aromatic nitrogens is 2. The smallest absolute Gasteiger partial charge is 0.343 e. The van der Waals surface area contributed by atoms with Crippen LogP contribution in [0.4, 0.5) is 0 Å². The molecule has 0 aliphatic heterocycles. The van der Waals surface area contributed by atoms with Gasteiger partial charge in [-0.05, 0) is 0 Å². The number of hydrogen-bond acceptors (Lipinski definition) is 4. The van der Waals surface area contributed by atoms with E-state index in [1.54, 1.807) is 0 Å². The van der Waals surface area contributed by atoms with Crippen LogP contribution in [0.2, 0.25) is 0 Å². The molecule has 19 heavy (non-hydrogen) atoms. The van der Waals surface area contributed by atoms with Gasteiger partial charge in [-0.25, -0.2) is 0 Å². The molecule has 0 amide bonds. The highest BCUT2D eigenvalue weighted by Crippen LogP contribution is 1.91. The molecule has 0 fully saturated rings. The molecule has 0 aliphatic rings. The first kappa shape index (κ1) is 12.7. The van der Waals surface area contributed by atoms with Crippen LogP contribution >= 0.6 is 0 Å². The molecule has 0 aromatic carbocycles. The lowest BCUT2D eigenvalue weighted by Gasteiger charge is -1.95. The van der Waals surface area contributed by atoms with E-state index in [1.165, 1.54) is 12.4 Å². The summed E-state index contributed by atoms with van der Waals surface area (Å²) in [6.07, 6.45) is 10.3. The Balaban J connectivity index is 2.07. The molecule has 0 atom stereocenters. The van der Waals surface area contributed by atoms with Gasteiger partial charge in [-0.15, -0.1) is 9.13 Å². The lowest BCUT2D eigenvalue weighted by Crippen LogP contribution is -2.50. The highest BCUT2D eigenvalue weighted by atomic mass is 16.4. The van der Waals surface area contributed by atoms with E-state index in [0.29, 0.717) is 6.67 Å². The first-order valence-electron chi connectivity index (χ1n) is 5.65. The SMILES string of the molecule is O/N=C\c1cc[n+](C[n+]2ccc(/C=N/O)cc2)cc1. The third-order valence-corrected chi connectivity index (χ3v) is 2.57. The van der Waals surface area contributed by atoms with Gasteiger partial charge in [0, 0.05) is 35.4 Å². The fourth-order valence-corrected chi connectivity index (χ4v) is 1.62. The standard InChI is InChI=1S/C13H12N4O2/c18-14-9-12-1-5-16(6-2-12)11-17-7-3-13(4-8-17)10-15-19/h1-10H,11H2/p+2. The maximum atomic E-state index is 8.42. The Morgan fingerprint density at radius 3 is 1.47 bits per heavy atom. The molecule has 0 bridgehead atoms. The van der Waals surface area contributed by atoms with E-state index in [1.807, 2.05) is 58.2 Å². The lowest BCUT2D eigenvalue weighted by atomic mass is 10.3. The summed E-state index contributed by atoms with van der Waals surface area (Å²) in [4.78, 5) is 0. The van der Waals surface area contributed by atoms with Gasteiger partial charge in [-0.2, -0.15) is 0 Å². The van der Waals surface area contributed by atoms with Gasteiger partial charge in [-0.1, -0.05) is 10.3 Å². The van der Waals surface area contributed by atoms with Crippen molar-refractivity contribution in [1.82, 2.24) is 0 Å². The van der Waals surface area contributed by atoms with Crippen LogP contribution in [-0.2, 0) is 6.67 Å². The molecule has 2 aromatic heterocycles. The van der Waals surface area contributed by atoms with Crippen LogP contribution in [0, 0.1) is 0 Å². The van der Waals surface area contributed by atoms with Crippen LogP contribution in [0.3, 0.4) is 0 Å². The van der Waals surface area contributed by atoms with E-state index >= 15 is 0 Å². The highest BCUT2D eigenvalue weighted by molar-refractivity contribution is 5.78. The summed E-state index contributed by atoms with van der Waals surface area (Å²) in [5.74, 6) is 0. The molecule has 0 spiro atoms. The maximum Gasteiger partial charge on any atom is 0.343 e. The van der Waals surface area contributed by atoms with E-state index in [2.05, 4.69) is 10.3 Å². The molecule has 0 saturated heterocycles. The monoisotopic (exact) mass is 258 g/mol. The van der Waals surface area contributed by atoms with Crippen LogP contribution in [-0.4, -0.2) is 22.8 Å². The second-order valence-corrected chi connectivity index (χ2v) is 3.92. The van der Waals surface area contributed by atoms with Crippen molar-refractivity contribution in [3.8, 4) is 0 Å². The molecule has 96 valence electrons. The summed E-state index contributed by atoms with van der Waals surface area (Å²) in [5, 5.41) is 22.8. The summed E-state index contributed by atoms with van der Waals surface area (Å²) in [6, 6.07) is 7.42. The third kappa shape index (κ3) is 3.60. The average molecular weight is 258 g/mol. The van der Waals surface area contributed by atoms with Gasteiger partial charge in [0.05, 0.1) is 12.4 Å². The number of oxime groups is 2. The minimum atomic E-state index is 0.660. The Hall–Kier alpha value is -2.76. The van der Waals surface area contributed by atoms with Crippen molar-refractivity contribution >= 4 is 12.4 Å². The van der Waals surface area contributed by atoms with Gasteiger partial charge in [0.25, 0.3) is 0 Å². The summed E-state index contributed by atoms with van der Waals surface area (Å²) < 4.78 is 3.96. The van der Waals surface area contributed by atoms with Gasteiger partial charge in [0.1, 0.15) is 0 Å². The van der Waals surface area contributed by atoms with E-state index < -0.39 is 0 Å². The summed E-state index contributed by atoms with van der Waals surface area (Å²) >= 11 is 0. The molecule has 0 unspecified atom stereocenters. The summed E-state index contributed by atoms with van der Waals surface area (Å²) in [6.45, 7) is 0.660. The fourth-order valence-electron chi connectivity index (χ4n) is 1.62. The predicted molar refractivity (Wildman–Crippen MR) is 67.4 cm³/mol. The zero-order chi connectivity index (χ0) is 13.5. The van der Waals surface area contributed by atoms with Crippen molar-refractivity contribution in [2.75, 3.05) is 0 Å². The molecule has 2 heterocycles. The second kappa shape index (κ2) is 6.25. The van der Waals surface area contributed by atoms with Gasteiger partial charge >= 0.3 is 6.67 Å². The van der Waals surface area contributed by atoms with E-state index in [0.717, 1.165) is 11.1 Å². The van der Waals surface area contributed by atoms with Crippen LogP contribution in [0.25, 0.3) is 0 Å². The lowest BCUT2D eigenvalue weighted by molar-refractivity contribution is -0.913. The number of nitrogens with zero attached hydrogens (tertiary/aromatic N) is 4. The van der Waals surface area contributed by atoms with E-state index in [4.69, 9.17) is 10.4 Å². The zero-order valence-electron chi connectivity index (χ0n) is 10.2. The largest absolute Gasteiger partial charge is 0.411 e. The minimum Gasteiger partial charge on any atom is -0.411 e. The van der Waals surface area contributed by atoms with Gasteiger partial charge in [0.15, 0.2) is 24.8 Å². The van der Waals surface area contributed by atoms with Gasteiger partial charge < -0.3 is 10.4 Å². The third-order valence-electron chi connectivity index (χ3n) is 2.57. The summed E-state index contributed by atoms with van der Waals surface area (Å²) in [5.41, 5.74) is 1.66. The number of hydrogen-bond donors (Lipinski definition) is 2. The molecule has 2 rings (SSSR count). The molecule has 6 heteroatoms. The molecule has 6 nitrogen and oxygen atoms in total. The Morgan fingerprint density at radius 2 is 1.16 bits per heavy atom. The fraction of sp³-hybridized carbons (Fsp3) is 0.0769. The first-order valence-corrected chi connectivity index (χ1v) is 5.65. The molecular formula is C13H14N4O2+2. The van der Waals surface area contributed by atoms with Crippen molar-refractivity contribution < 1.29 is 19.5 Å². The van der Waals surface area contributed by atoms with Crippen molar-refractivity contribution in [3.63, 3.8) is 0 Å². The molecule has 2 aromatic rings. The number of pyridine rings is 2. The Bertz CT molecular complexity index is 523. The summed E-state index contributed by atoms with van der Waals surface area (Å²) in [7, 11) is 0. The Labute approximate surface area is 110 Å². The normalized spacial score (nSPS) is 11.4. The first-order chi connectivity index (χ1) is 9.31. The molecular weight excluding hydrogens is 244 g/mol. The zero-order valence-corrected chi connectivity index (χ0v) is 10.2. The van der Waals surface area contributed by atoms with Crippen molar-refractivity contribution in [1.29, 1.82) is 0 Å². The Morgan fingerprint density at radius 1 is 0.789 bits per heavy atom.